The number of benzene rings is 6. The fourth-order valence-electron chi connectivity index (χ4n) is 10.3. The minimum absolute atomic E-state index is 0.0266. The molecule has 3 aliphatic heterocycles. The zero-order valence-corrected chi connectivity index (χ0v) is 39.3. The number of nitro groups is 1. The number of non-ortho nitro benzene ring substituents is 1. The van der Waals surface area contributed by atoms with E-state index in [-0.39, 0.29) is 43.3 Å². The van der Waals surface area contributed by atoms with Gasteiger partial charge in [-0.15, -0.1) is 6.58 Å². The van der Waals surface area contributed by atoms with Crippen LogP contribution in [0.4, 0.5) is 16.2 Å². The van der Waals surface area contributed by atoms with Crippen molar-refractivity contribution in [2.24, 2.45) is 5.92 Å². The van der Waals surface area contributed by atoms with Crippen LogP contribution >= 0.6 is 0 Å². The van der Waals surface area contributed by atoms with E-state index < -0.39 is 64.4 Å². The fraction of sp³-hybridized carbons (Fsp3) is 0.228. The maximum atomic E-state index is 16.5. The zero-order valence-electron chi connectivity index (χ0n) is 39.3. The highest BCUT2D eigenvalue weighted by Crippen LogP contribution is 2.66. The largest absolute Gasteiger partial charge is 0.491 e. The summed E-state index contributed by atoms with van der Waals surface area (Å²) in [5.74, 6) is 3.00. The van der Waals surface area contributed by atoms with Gasteiger partial charge in [0.25, 0.3) is 5.69 Å². The molecule has 0 saturated carbocycles. The first kappa shape index (κ1) is 48.6. The normalized spacial score (nSPS) is 21.0. The number of hydrogen-bond acceptors (Lipinski definition) is 12. The monoisotopic (exact) mass is 965 g/mol. The van der Waals surface area contributed by atoms with E-state index in [4.69, 9.17) is 14.2 Å². The van der Waals surface area contributed by atoms with Crippen molar-refractivity contribution in [3.05, 3.63) is 219 Å². The molecule has 0 bridgehead atoms. The lowest BCUT2D eigenvalue weighted by Gasteiger charge is -2.46. The van der Waals surface area contributed by atoms with Gasteiger partial charge in [-0.3, -0.25) is 34.3 Å². The second kappa shape index (κ2) is 21.3. The van der Waals surface area contributed by atoms with Crippen LogP contribution in [0, 0.1) is 27.9 Å². The molecule has 6 aromatic carbocycles. The predicted molar refractivity (Wildman–Crippen MR) is 267 cm³/mol. The van der Waals surface area contributed by atoms with Crippen molar-refractivity contribution in [3.63, 3.8) is 0 Å². The fourth-order valence-corrected chi connectivity index (χ4v) is 10.3. The minimum Gasteiger partial charge on any atom is -0.491 e. The first-order valence-corrected chi connectivity index (χ1v) is 23.5. The standard InChI is InChI=1S/C57H51N5O10/c1-3-30-58-53(64)48-50-54(65)72-51(42-20-11-6-12-21-42)49(41-18-9-5-10-19-41)61(50)52(43-22-13-23-45(35-43)70-33-32-63)57(48)46-34-38(17-14-31-59(2)36-39-15-7-4-8-16-39)26-29-47(46)60(55(57)66)56(67)71-37-40-24-27-44(28-25-40)62(68)69/h3-13,15-16,18-29,34-35,48-52,63H,1,30-33,36-37H2,2H3,(H,58,64)/t48-,49-,50-,51+,52+,57-/m1/s1. The van der Waals surface area contributed by atoms with E-state index in [1.54, 1.807) is 42.5 Å². The molecule has 3 amide bonds. The van der Waals surface area contributed by atoms with Crippen molar-refractivity contribution in [3.8, 4) is 17.6 Å². The van der Waals surface area contributed by atoms with Gasteiger partial charge in [-0.25, -0.2) is 9.69 Å². The second-order valence-electron chi connectivity index (χ2n) is 17.8. The summed E-state index contributed by atoms with van der Waals surface area (Å²) in [6.07, 6.45) is -0.552. The van der Waals surface area contributed by atoms with Gasteiger partial charge in [0.1, 0.15) is 36.5 Å². The number of ether oxygens (including phenoxy) is 3. The third-order valence-corrected chi connectivity index (χ3v) is 13.3. The number of morpholine rings is 1. The van der Waals surface area contributed by atoms with Crippen LogP contribution in [-0.4, -0.2) is 83.1 Å². The Morgan fingerprint density at radius 2 is 1.54 bits per heavy atom. The highest BCUT2D eigenvalue weighted by atomic mass is 16.6. The van der Waals surface area contributed by atoms with Gasteiger partial charge < -0.3 is 24.6 Å². The molecule has 15 nitrogen and oxygen atoms in total. The maximum Gasteiger partial charge on any atom is 0.421 e. The average molecular weight is 966 g/mol. The van der Waals surface area contributed by atoms with E-state index in [1.807, 2.05) is 103 Å². The van der Waals surface area contributed by atoms with Crippen molar-refractivity contribution >= 4 is 35.3 Å². The first-order valence-electron chi connectivity index (χ1n) is 23.5. The molecule has 0 radical (unpaired) electrons. The Hall–Kier alpha value is -8.42. The molecular formula is C57H51N5O10. The summed E-state index contributed by atoms with van der Waals surface area (Å²) in [5.41, 5.74) is 1.90. The Labute approximate surface area is 416 Å². The number of rotatable bonds is 15. The molecule has 2 fully saturated rings. The third-order valence-electron chi connectivity index (χ3n) is 13.3. The third kappa shape index (κ3) is 9.34. The van der Waals surface area contributed by atoms with Crippen molar-refractivity contribution in [2.45, 2.75) is 42.8 Å². The van der Waals surface area contributed by atoms with Gasteiger partial charge in [0.05, 0.1) is 41.8 Å². The number of fused-ring (bicyclic) bond motifs is 3. The van der Waals surface area contributed by atoms with Gasteiger partial charge in [-0.2, -0.15) is 0 Å². The zero-order chi connectivity index (χ0) is 50.4. The van der Waals surface area contributed by atoms with E-state index >= 15 is 14.4 Å². The van der Waals surface area contributed by atoms with Crippen LogP contribution in [0.2, 0.25) is 0 Å². The smallest absolute Gasteiger partial charge is 0.421 e. The van der Waals surface area contributed by atoms with Gasteiger partial charge in [-0.1, -0.05) is 121 Å². The van der Waals surface area contributed by atoms with Gasteiger partial charge >= 0.3 is 12.1 Å². The molecule has 15 heteroatoms. The molecule has 2 N–H and O–H groups in total. The van der Waals surface area contributed by atoms with Crippen molar-refractivity contribution < 1.29 is 43.4 Å². The van der Waals surface area contributed by atoms with E-state index in [0.29, 0.717) is 46.7 Å². The van der Waals surface area contributed by atoms with Crippen LogP contribution in [0.3, 0.4) is 0 Å². The average Bonchev–Trinajstić information content (AvgIpc) is 3.86. The summed E-state index contributed by atoms with van der Waals surface area (Å²) in [5, 5.41) is 24.1. The molecule has 364 valence electrons. The van der Waals surface area contributed by atoms with E-state index in [9.17, 15) is 20.0 Å². The van der Waals surface area contributed by atoms with Gasteiger partial charge in [0.15, 0.2) is 0 Å². The summed E-state index contributed by atoms with van der Waals surface area (Å²) in [7, 11) is 1.95. The quantitative estimate of drug-likeness (QED) is 0.0336. The molecule has 3 heterocycles. The maximum absolute atomic E-state index is 16.5. The van der Waals surface area contributed by atoms with Crippen molar-refractivity contribution in [2.75, 3.05) is 38.3 Å². The second-order valence-corrected chi connectivity index (χ2v) is 17.8. The Bertz CT molecular complexity index is 3050. The lowest BCUT2D eigenvalue weighted by Crippen LogP contribution is -2.55. The molecule has 2 saturated heterocycles. The van der Waals surface area contributed by atoms with Gasteiger partial charge in [-0.05, 0) is 82.9 Å². The lowest BCUT2D eigenvalue weighted by molar-refractivity contribution is -0.384. The number of cyclic esters (lactones) is 1. The SMILES string of the molecule is C=CCNC(=O)[C@H]1[C@@H]2C(=O)O[C@@H](c3ccccc3)[C@@H](c3ccccc3)N2[C@@H](c2cccc(OCCO)c2)[C@]12C(=O)N(C(=O)OCc1ccc([N+](=O)[O-])cc1)c1ccc(C#CCN(C)Cc3ccccc3)cc12. The summed E-state index contributed by atoms with van der Waals surface area (Å²) in [4.78, 5) is 77.8. The molecule has 6 aromatic rings. The Kier molecular flexibility index (Phi) is 14.4. The molecule has 6 atom stereocenters. The predicted octanol–water partition coefficient (Wildman–Crippen LogP) is 7.75. The van der Waals surface area contributed by atoms with Crippen molar-refractivity contribution in [1.29, 1.82) is 0 Å². The van der Waals surface area contributed by atoms with E-state index in [2.05, 4.69) is 28.6 Å². The number of hydrogen-bond donors (Lipinski definition) is 2. The van der Waals surface area contributed by atoms with Gasteiger partial charge in [0.2, 0.25) is 11.8 Å². The number of carbonyl (C=O) groups excluding carboxylic acids is 4. The molecule has 9 rings (SSSR count). The molecule has 0 aromatic heterocycles. The van der Waals surface area contributed by atoms with Crippen LogP contribution in [0.5, 0.6) is 5.75 Å². The summed E-state index contributed by atoms with van der Waals surface area (Å²) >= 11 is 0. The van der Waals surface area contributed by atoms with Crippen LogP contribution in [0.1, 0.15) is 57.1 Å². The number of imide groups is 1. The number of aliphatic hydroxyl groups excluding tert-OH is 1. The molecule has 1 spiro atoms. The molecular weight excluding hydrogens is 915 g/mol. The number of aliphatic hydroxyl groups is 1. The number of anilines is 1. The number of nitro benzene ring substituents is 1. The number of nitrogens with zero attached hydrogens (tertiary/aromatic N) is 4. The highest BCUT2D eigenvalue weighted by Gasteiger charge is 2.75. The molecule has 72 heavy (non-hydrogen) atoms. The Balaban J connectivity index is 1.27. The lowest BCUT2D eigenvalue weighted by atomic mass is 9.65. The highest BCUT2D eigenvalue weighted by molar-refractivity contribution is 6.23. The van der Waals surface area contributed by atoms with Crippen molar-refractivity contribution in [1.82, 2.24) is 15.1 Å². The Morgan fingerprint density at radius 1 is 0.861 bits per heavy atom. The Morgan fingerprint density at radius 3 is 2.22 bits per heavy atom. The van der Waals surface area contributed by atoms with E-state index in [1.165, 1.54) is 30.3 Å². The summed E-state index contributed by atoms with van der Waals surface area (Å²) in [6, 6.07) is 42.5. The van der Waals surface area contributed by atoms with Crippen LogP contribution in [-0.2, 0) is 42.4 Å². The van der Waals surface area contributed by atoms with Crippen LogP contribution in [0.15, 0.2) is 170 Å². The van der Waals surface area contributed by atoms with E-state index in [0.717, 1.165) is 10.5 Å². The summed E-state index contributed by atoms with van der Waals surface area (Å²) in [6.45, 7) is 4.10. The summed E-state index contributed by atoms with van der Waals surface area (Å²) < 4.78 is 18.4. The molecule has 3 aliphatic rings. The van der Waals surface area contributed by atoms with Crippen LogP contribution < -0.4 is 15.0 Å². The van der Waals surface area contributed by atoms with Crippen LogP contribution in [0.25, 0.3) is 0 Å². The first-order chi connectivity index (χ1) is 35.0. The molecule has 0 unspecified atom stereocenters. The number of amides is 3. The number of carbonyl (C=O) groups is 4. The number of esters is 1. The molecule has 0 aliphatic carbocycles. The topological polar surface area (TPSA) is 181 Å². The number of nitrogens with one attached hydrogen (secondary N) is 1. The van der Waals surface area contributed by atoms with Gasteiger partial charge in [0, 0.05) is 30.8 Å². The minimum atomic E-state index is -2.10.